The lowest BCUT2D eigenvalue weighted by molar-refractivity contribution is 0.567. The van der Waals surface area contributed by atoms with Gasteiger partial charge in [-0.25, -0.2) is 9.37 Å². The van der Waals surface area contributed by atoms with Gasteiger partial charge < -0.3 is 5.32 Å². The van der Waals surface area contributed by atoms with Gasteiger partial charge in [-0.2, -0.15) is 0 Å². The average molecular weight is 319 g/mol. The Balaban J connectivity index is 2.00. The Morgan fingerprint density at radius 2 is 2.21 bits per heavy atom. The topological polar surface area (TPSA) is 24.9 Å². The van der Waals surface area contributed by atoms with E-state index in [1.807, 2.05) is 12.3 Å². The Bertz CT molecular complexity index is 546. The molecule has 1 atom stereocenters. The molecule has 0 saturated heterocycles. The van der Waals surface area contributed by atoms with E-state index in [2.05, 4.69) is 10.3 Å². The fraction of sp³-hybridized carbons (Fsp3) is 0.308. The maximum atomic E-state index is 13.4. The van der Waals surface area contributed by atoms with Crippen LogP contribution in [-0.4, -0.2) is 11.5 Å². The fourth-order valence-electron chi connectivity index (χ4n) is 1.81. The second kappa shape index (κ2) is 6.66. The normalized spacial score (nSPS) is 12.6. The van der Waals surface area contributed by atoms with Gasteiger partial charge in [0.2, 0.25) is 0 Å². The molecule has 0 bridgehead atoms. The van der Waals surface area contributed by atoms with Crippen molar-refractivity contribution in [2.24, 2.45) is 0 Å². The second-order valence-corrected chi connectivity index (χ2v) is 5.87. The number of rotatable bonds is 5. The number of halogens is 3. The van der Waals surface area contributed by atoms with Gasteiger partial charge in [-0.05, 0) is 19.1 Å². The van der Waals surface area contributed by atoms with Crippen molar-refractivity contribution < 1.29 is 4.39 Å². The summed E-state index contributed by atoms with van der Waals surface area (Å²) in [5.74, 6) is -0.449. The lowest BCUT2D eigenvalue weighted by Gasteiger charge is -2.17. The molecular weight excluding hydrogens is 306 g/mol. The van der Waals surface area contributed by atoms with Gasteiger partial charge in [0.15, 0.2) is 0 Å². The van der Waals surface area contributed by atoms with Crippen molar-refractivity contribution >= 4 is 34.5 Å². The number of nitrogens with zero attached hydrogens (tertiary/aromatic N) is 1. The molecule has 2 aromatic rings. The van der Waals surface area contributed by atoms with Gasteiger partial charge in [-0.3, -0.25) is 0 Å². The maximum absolute atomic E-state index is 13.4. The van der Waals surface area contributed by atoms with Crippen molar-refractivity contribution in [1.82, 2.24) is 10.3 Å². The summed E-state index contributed by atoms with van der Waals surface area (Å²) in [6.45, 7) is 2.65. The third-order valence-corrected chi connectivity index (χ3v) is 4.34. The van der Waals surface area contributed by atoms with Crippen LogP contribution in [0.25, 0.3) is 0 Å². The molecule has 0 aliphatic rings. The Labute approximate surface area is 125 Å². The van der Waals surface area contributed by atoms with Crippen molar-refractivity contribution in [3.8, 4) is 0 Å². The van der Waals surface area contributed by atoms with Crippen LogP contribution >= 0.6 is 34.5 Å². The van der Waals surface area contributed by atoms with Crippen LogP contribution in [0.3, 0.4) is 0 Å². The highest BCUT2D eigenvalue weighted by atomic mass is 35.5. The van der Waals surface area contributed by atoms with E-state index in [9.17, 15) is 4.39 Å². The summed E-state index contributed by atoms with van der Waals surface area (Å²) >= 11 is 13.7. The first kappa shape index (κ1) is 14.7. The molecule has 1 aromatic carbocycles. The molecule has 2 nitrogen and oxygen atoms in total. The number of hydrogen-bond donors (Lipinski definition) is 1. The van der Waals surface area contributed by atoms with E-state index in [0.717, 1.165) is 18.0 Å². The van der Waals surface area contributed by atoms with Gasteiger partial charge in [-0.1, -0.05) is 23.2 Å². The smallest absolute Gasteiger partial charge is 0.142 e. The van der Waals surface area contributed by atoms with E-state index in [1.54, 1.807) is 17.5 Å². The van der Waals surface area contributed by atoms with E-state index < -0.39 is 5.82 Å². The number of nitrogens with one attached hydrogen (secondary N) is 1. The summed E-state index contributed by atoms with van der Waals surface area (Å²) in [5, 5.41) is 6.84. The zero-order chi connectivity index (χ0) is 13.8. The Kier molecular flexibility index (Phi) is 5.16. The summed E-state index contributed by atoms with van der Waals surface area (Å²) in [6.07, 6.45) is 2.61. The Morgan fingerprint density at radius 3 is 2.89 bits per heavy atom. The van der Waals surface area contributed by atoms with Crippen molar-refractivity contribution in [3.63, 3.8) is 0 Å². The molecule has 0 radical (unpaired) electrons. The highest BCUT2D eigenvalue weighted by Gasteiger charge is 2.16. The van der Waals surface area contributed by atoms with Crippen molar-refractivity contribution in [3.05, 3.63) is 50.1 Å². The fourth-order valence-corrected chi connectivity index (χ4v) is 3.13. The molecule has 0 amide bonds. The van der Waals surface area contributed by atoms with E-state index in [1.165, 1.54) is 12.1 Å². The summed E-state index contributed by atoms with van der Waals surface area (Å²) in [7, 11) is 0. The molecule has 1 N–H and O–H groups in total. The van der Waals surface area contributed by atoms with Gasteiger partial charge in [-0.15, -0.1) is 11.3 Å². The minimum atomic E-state index is -0.449. The standard InChI is InChI=1S/C13H13Cl2FN2S/c1-8(17-5-4-11-18-6-7-19-11)12-9(14)2-3-10(16)13(12)15/h2-3,6-8,17H,4-5H2,1H3. The first-order valence-electron chi connectivity index (χ1n) is 5.84. The van der Waals surface area contributed by atoms with Crippen LogP contribution in [0, 0.1) is 5.82 Å². The molecule has 0 spiro atoms. The van der Waals surface area contributed by atoms with Gasteiger partial charge in [0, 0.05) is 41.2 Å². The summed E-state index contributed by atoms with van der Waals surface area (Å²) in [4.78, 5) is 4.20. The van der Waals surface area contributed by atoms with Crippen molar-refractivity contribution in [2.45, 2.75) is 19.4 Å². The molecule has 0 saturated carbocycles. The number of hydrogen-bond acceptors (Lipinski definition) is 3. The van der Waals surface area contributed by atoms with Gasteiger partial charge in [0.25, 0.3) is 0 Å². The van der Waals surface area contributed by atoms with Crippen LogP contribution in [-0.2, 0) is 6.42 Å². The number of thiazole rings is 1. The summed E-state index contributed by atoms with van der Waals surface area (Å²) < 4.78 is 13.4. The third kappa shape index (κ3) is 3.66. The first-order valence-corrected chi connectivity index (χ1v) is 7.48. The van der Waals surface area contributed by atoms with Crippen LogP contribution in [0.4, 0.5) is 4.39 Å². The van der Waals surface area contributed by atoms with Crippen LogP contribution in [0.2, 0.25) is 10.0 Å². The van der Waals surface area contributed by atoms with Crippen LogP contribution in [0.5, 0.6) is 0 Å². The van der Waals surface area contributed by atoms with Crippen molar-refractivity contribution in [1.29, 1.82) is 0 Å². The Morgan fingerprint density at radius 1 is 1.42 bits per heavy atom. The SMILES string of the molecule is CC(NCCc1nccs1)c1c(Cl)ccc(F)c1Cl. The lowest BCUT2D eigenvalue weighted by atomic mass is 10.1. The highest BCUT2D eigenvalue weighted by molar-refractivity contribution is 7.09. The summed E-state index contributed by atoms with van der Waals surface area (Å²) in [5.41, 5.74) is 0.600. The van der Waals surface area contributed by atoms with Crippen LogP contribution in [0.1, 0.15) is 23.5 Å². The Hall–Kier alpha value is -0.680. The maximum Gasteiger partial charge on any atom is 0.142 e. The monoisotopic (exact) mass is 318 g/mol. The van der Waals surface area contributed by atoms with Gasteiger partial charge >= 0.3 is 0 Å². The van der Waals surface area contributed by atoms with E-state index in [0.29, 0.717) is 10.6 Å². The predicted octanol–water partition coefficient (Wildman–Crippen LogP) is 4.48. The van der Waals surface area contributed by atoms with Crippen LogP contribution < -0.4 is 5.32 Å². The largest absolute Gasteiger partial charge is 0.310 e. The minimum Gasteiger partial charge on any atom is -0.310 e. The third-order valence-electron chi connectivity index (χ3n) is 2.79. The molecule has 19 heavy (non-hydrogen) atoms. The van der Waals surface area contributed by atoms with Gasteiger partial charge in [0.05, 0.1) is 10.0 Å². The van der Waals surface area contributed by atoms with E-state index >= 15 is 0 Å². The van der Waals surface area contributed by atoms with Crippen LogP contribution in [0.15, 0.2) is 23.7 Å². The average Bonchev–Trinajstić information content (AvgIpc) is 2.87. The van der Waals surface area contributed by atoms with Crippen molar-refractivity contribution in [2.75, 3.05) is 6.54 Å². The molecular formula is C13H13Cl2FN2S. The minimum absolute atomic E-state index is 0.0850. The number of benzene rings is 1. The molecule has 6 heteroatoms. The molecule has 102 valence electrons. The molecule has 0 aliphatic heterocycles. The predicted molar refractivity (Wildman–Crippen MR) is 78.7 cm³/mol. The second-order valence-electron chi connectivity index (χ2n) is 4.11. The lowest BCUT2D eigenvalue weighted by Crippen LogP contribution is -2.22. The molecule has 1 unspecified atom stereocenters. The molecule has 0 fully saturated rings. The van der Waals surface area contributed by atoms with E-state index in [4.69, 9.17) is 23.2 Å². The zero-order valence-corrected chi connectivity index (χ0v) is 12.6. The molecule has 0 aliphatic carbocycles. The molecule has 2 rings (SSSR count). The quantitative estimate of drug-likeness (QED) is 0.822. The zero-order valence-electron chi connectivity index (χ0n) is 10.3. The first-order chi connectivity index (χ1) is 9.09. The summed E-state index contributed by atoms with van der Waals surface area (Å²) in [6, 6.07) is 2.68. The highest BCUT2D eigenvalue weighted by Crippen LogP contribution is 2.32. The van der Waals surface area contributed by atoms with Gasteiger partial charge in [0.1, 0.15) is 5.82 Å². The molecule has 1 aromatic heterocycles. The number of aromatic nitrogens is 1. The van der Waals surface area contributed by atoms with E-state index in [-0.39, 0.29) is 11.1 Å². The molecule has 1 heterocycles.